The minimum absolute atomic E-state index is 0.0751. The Labute approximate surface area is 184 Å². The van der Waals surface area contributed by atoms with Gasteiger partial charge in [-0.05, 0) is 48.9 Å². The standard InChI is InChI=1S/C23H29ClN2O3S/c1-25(18-20-9-11-22(24)12-10-20)23(27)21-13-15-26(16-14-21)30(28,29)17-5-8-19-6-3-2-4-7-19/h2-4,6-7,9-12,21H,5,8,13-18H2,1H3. The summed E-state index contributed by atoms with van der Waals surface area (Å²) in [6.45, 7) is 1.35. The molecule has 1 amide bonds. The number of carbonyl (C=O) groups excluding carboxylic acids is 1. The molecule has 0 spiro atoms. The van der Waals surface area contributed by atoms with Crippen LogP contribution < -0.4 is 0 Å². The highest BCUT2D eigenvalue weighted by molar-refractivity contribution is 7.89. The highest BCUT2D eigenvalue weighted by Gasteiger charge is 2.32. The van der Waals surface area contributed by atoms with Crippen molar-refractivity contribution in [3.8, 4) is 0 Å². The van der Waals surface area contributed by atoms with Crippen LogP contribution in [0.1, 0.15) is 30.4 Å². The van der Waals surface area contributed by atoms with E-state index in [1.54, 1.807) is 16.3 Å². The molecule has 0 bridgehead atoms. The fraction of sp³-hybridized carbons (Fsp3) is 0.435. The van der Waals surface area contributed by atoms with Crippen molar-refractivity contribution in [3.63, 3.8) is 0 Å². The zero-order valence-electron chi connectivity index (χ0n) is 17.3. The molecule has 1 heterocycles. The maximum absolute atomic E-state index is 12.8. The van der Waals surface area contributed by atoms with Gasteiger partial charge >= 0.3 is 0 Å². The number of rotatable bonds is 8. The molecule has 0 radical (unpaired) electrons. The van der Waals surface area contributed by atoms with Crippen molar-refractivity contribution in [1.82, 2.24) is 9.21 Å². The van der Waals surface area contributed by atoms with E-state index in [1.807, 2.05) is 54.6 Å². The molecule has 0 saturated carbocycles. The van der Waals surface area contributed by atoms with Crippen LogP contribution in [0.3, 0.4) is 0 Å². The number of halogens is 1. The smallest absolute Gasteiger partial charge is 0.225 e. The molecule has 1 aliphatic heterocycles. The molecule has 2 aromatic carbocycles. The fourth-order valence-corrected chi connectivity index (χ4v) is 5.53. The van der Waals surface area contributed by atoms with E-state index >= 15 is 0 Å². The molecule has 0 atom stereocenters. The maximum Gasteiger partial charge on any atom is 0.225 e. The van der Waals surface area contributed by atoms with Gasteiger partial charge in [-0.25, -0.2) is 12.7 Å². The van der Waals surface area contributed by atoms with Gasteiger partial charge < -0.3 is 4.90 Å². The van der Waals surface area contributed by atoms with E-state index < -0.39 is 10.0 Å². The van der Waals surface area contributed by atoms with Crippen LogP contribution in [0.15, 0.2) is 54.6 Å². The molecule has 2 aromatic rings. The summed E-state index contributed by atoms with van der Waals surface area (Å²) in [6, 6.07) is 17.4. The van der Waals surface area contributed by atoms with Gasteiger partial charge in [0, 0.05) is 37.6 Å². The molecule has 7 heteroatoms. The molecule has 0 aromatic heterocycles. The number of amides is 1. The maximum atomic E-state index is 12.8. The van der Waals surface area contributed by atoms with Crippen LogP contribution in [-0.4, -0.2) is 49.4 Å². The molecular weight excluding hydrogens is 420 g/mol. The zero-order valence-corrected chi connectivity index (χ0v) is 18.9. The first kappa shape index (κ1) is 22.8. The number of sulfonamides is 1. The molecule has 1 saturated heterocycles. The number of benzene rings is 2. The molecular formula is C23H29ClN2O3S. The predicted molar refractivity (Wildman–Crippen MR) is 121 cm³/mol. The van der Waals surface area contributed by atoms with Gasteiger partial charge in [0.25, 0.3) is 0 Å². The van der Waals surface area contributed by atoms with E-state index in [9.17, 15) is 13.2 Å². The Morgan fingerprint density at radius 1 is 1.03 bits per heavy atom. The second kappa shape index (κ2) is 10.4. The summed E-state index contributed by atoms with van der Waals surface area (Å²) in [6.07, 6.45) is 2.50. The number of aryl methyl sites for hydroxylation is 1. The minimum atomic E-state index is -3.28. The number of hydrogen-bond donors (Lipinski definition) is 0. The molecule has 162 valence electrons. The third-order valence-electron chi connectivity index (χ3n) is 5.62. The average molecular weight is 449 g/mol. The molecule has 3 rings (SSSR count). The summed E-state index contributed by atoms with van der Waals surface area (Å²) >= 11 is 5.91. The topological polar surface area (TPSA) is 57.7 Å². The summed E-state index contributed by atoms with van der Waals surface area (Å²) in [7, 11) is -1.48. The fourth-order valence-electron chi connectivity index (χ4n) is 3.87. The van der Waals surface area contributed by atoms with Gasteiger partial charge in [-0.15, -0.1) is 0 Å². The van der Waals surface area contributed by atoms with Crippen LogP contribution in [0.5, 0.6) is 0 Å². The van der Waals surface area contributed by atoms with Crippen LogP contribution >= 0.6 is 11.6 Å². The summed E-state index contributed by atoms with van der Waals surface area (Å²) in [5.41, 5.74) is 2.18. The van der Waals surface area contributed by atoms with Gasteiger partial charge in [-0.3, -0.25) is 4.79 Å². The van der Waals surface area contributed by atoms with Gasteiger partial charge in [-0.1, -0.05) is 54.1 Å². The summed E-state index contributed by atoms with van der Waals surface area (Å²) in [5.74, 6) is 0.0981. The summed E-state index contributed by atoms with van der Waals surface area (Å²) < 4.78 is 26.9. The molecule has 1 aliphatic rings. The lowest BCUT2D eigenvalue weighted by Crippen LogP contribution is -2.44. The Bertz CT molecular complexity index is 925. The van der Waals surface area contributed by atoms with Gasteiger partial charge in [0.15, 0.2) is 0 Å². The highest BCUT2D eigenvalue weighted by atomic mass is 35.5. The second-order valence-electron chi connectivity index (χ2n) is 7.90. The first-order valence-corrected chi connectivity index (χ1v) is 12.3. The number of nitrogens with zero attached hydrogens (tertiary/aromatic N) is 2. The normalized spacial score (nSPS) is 15.8. The summed E-state index contributed by atoms with van der Waals surface area (Å²) in [5, 5.41) is 0.671. The van der Waals surface area contributed by atoms with Crippen LogP contribution in [0.25, 0.3) is 0 Å². The molecule has 0 aliphatic carbocycles. The van der Waals surface area contributed by atoms with Crippen molar-refractivity contribution < 1.29 is 13.2 Å². The average Bonchev–Trinajstić information content (AvgIpc) is 2.75. The Balaban J connectivity index is 1.45. The molecule has 0 unspecified atom stereocenters. The van der Waals surface area contributed by atoms with Crippen molar-refractivity contribution >= 4 is 27.5 Å². The van der Waals surface area contributed by atoms with Gasteiger partial charge in [0.05, 0.1) is 5.75 Å². The lowest BCUT2D eigenvalue weighted by Gasteiger charge is -2.32. The van der Waals surface area contributed by atoms with E-state index in [1.165, 1.54) is 0 Å². The largest absolute Gasteiger partial charge is 0.341 e. The highest BCUT2D eigenvalue weighted by Crippen LogP contribution is 2.23. The van der Waals surface area contributed by atoms with Crippen LogP contribution in [0, 0.1) is 5.92 Å². The van der Waals surface area contributed by atoms with Crippen molar-refractivity contribution in [3.05, 3.63) is 70.7 Å². The van der Waals surface area contributed by atoms with Crippen molar-refractivity contribution in [2.45, 2.75) is 32.2 Å². The van der Waals surface area contributed by atoms with Crippen molar-refractivity contribution in [2.24, 2.45) is 5.92 Å². The lowest BCUT2D eigenvalue weighted by atomic mass is 9.96. The lowest BCUT2D eigenvalue weighted by molar-refractivity contribution is -0.135. The molecule has 0 N–H and O–H groups in total. The van der Waals surface area contributed by atoms with Crippen molar-refractivity contribution in [2.75, 3.05) is 25.9 Å². The van der Waals surface area contributed by atoms with E-state index in [0.717, 1.165) is 17.5 Å². The Kier molecular flexibility index (Phi) is 7.92. The Morgan fingerprint density at radius 2 is 1.67 bits per heavy atom. The quantitative estimate of drug-likeness (QED) is 0.613. The third kappa shape index (κ3) is 6.30. The first-order chi connectivity index (χ1) is 14.3. The Morgan fingerprint density at radius 3 is 2.30 bits per heavy atom. The zero-order chi connectivity index (χ0) is 21.6. The van der Waals surface area contributed by atoms with E-state index in [4.69, 9.17) is 11.6 Å². The third-order valence-corrected chi connectivity index (χ3v) is 7.82. The monoisotopic (exact) mass is 448 g/mol. The first-order valence-electron chi connectivity index (χ1n) is 10.4. The van der Waals surface area contributed by atoms with E-state index in [-0.39, 0.29) is 17.6 Å². The van der Waals surface area contributed by atoms with E-state index in [2.05, 4.69) is 0 Å². The van der Waals surface area contributed by atoms with Gasteiger partial charge in [0.1, 0.15) is 0 Å². The summed E-state index contributed by atoms with van der Waals surface area (Å²) in [4.78, 5) is 14.5. The number of piperidine rings is 1. The Hall–Kier alpha value is -1.89. The van der Waals surface area contributed by atoms with Gasteiger partial charge in [-0.2, -0.15) is 0 Å². The van der Waals surface area contributed by atoms with Crippen LogP contribution in [0.2, 0.25) is 5.02 Å². The molecule has 30 heavy (non-hydrogen) atoms. The van der Waals surface area contributed by atoms with Crippen LogP contribution in [0.4, 0.5) is 0 Å². The number of hydrogen-bond acceptors (Lipinski definition) is 3. The predicted octanol–water partition coefficient (Wildman–Crippen LogP) is 3.97. The number of carbonyl (C=O) groups is 1. The van der Waals surface area contributed by atoms with E-state index in [0.29, 0.717) is 43.9 Å². The van der Waals surface area contributed by atoms with Gasteiger partial charge in [0.2, 0.25) is 15.9 Å². The molecule has 1 fully saturated rings. The second-order valence-corrected chi connectivity index (χ2v) is 10.4. The molecule has 5 nitrogen and oxygen atoms in total. The minimum Gasteiger partial charge on any atom is -0.341 e. The van der Waals surface area contributed by atoms with Crippen molar-refractivity contribution in [1.29, 1.82) is 0 Å². The SMILES string of the molecule is CN(Cc1ccc(Cl)cc1)C(=O)C1CCN(S(=O)(=O)CCCc2ccccc2)CC1. The van der Waals surface area contributed by atoms with Crippen LogP contribution in [-0.2, 0) is 27.8 Å².